The van der Waals surface area contributed by atoms with E-state index in [1.54, 1.807) is 4.72 Å². The molecule has 0 aromatic heterocycles. The van der Waals surface area contributed by atoms with E-state index in [9.17, 15) is 21.6 Å². The first-order valence-electron chi connectivity index (χ1n) is 3.68. The highest BCUT2D eigenvalue weighted by atomic mass is 79.9. The van der Waals surface area contributed by atoms with Crippen molar-refractivity contribution < 1.29 is 21.6 Å². The SMILES string of the molecule is O=S(=O)(Nc1c(Cl)cc(F)cc1Br)C(F)F. The number of hydrogen-bond acceptors (Lipinski definition) is 2. The molecule has 0 spiro atoms. The lowest BCUT2D eigenvalue weighted by Gasteiger charge is -2.10. The number of rotatable bonds is 3. The third-order valence-electron chi connectivity index (χ3n) is 1.49. The lowest BCUT2D eigenvalue weighted by molar-refractivity contribution is 0.236. The molecule has 0 bridgehead atoms. The fourth-order valence-corrected chi connectivity index (χ4v) is 2.51. The Morgan fingerprint density at radius 3 is 2.38 bits per heavy atom. The van der Waals surface area contributed by atoms with Gasteiger partial charge in [0.1, 0.15) is 5.82 Å². The van der Waals surface area contributed by atoms with Gasteiger partial charge in [0.2, 0.25) is 0 Å². The number of nitrogens with one attached hydrogen (secondary N) is 1. The Kier molecular flexibility index (Phi) is 4.08. The van der Waals surface area contributed by atoms with Gasteiger partial charge in [-0.25, -0.2) is 12.8 Å². The quantitative estimate of drug-likeness (QED) is 0.920. The zero-order valence-electron chi connectivity index (χ0n) is 7.35. The van der Waals surface area contributed by atoms with Crippen LogP contribution in [0, 0.1) is 5.82 Å². The molecule has 0 aliphatic heterocycles. The molecule has 3 nitrogen and oxygen atoms in total. The largest absolute Gasteiger partial charge is 0.355 e. The second-order valence-corrected chi connectivity index (χ2v) is 5.56. The molecule has 0 heterocycles. The monoisotopic (exact) mass is 337 g/mol. The number of anilines is 1. The predicted octanol–water partition coefficient (Wildman–Crippen LogP) is 3.21. The van der Waals surface area contributed by atoms with Crippen LogP contribution in [0.5, 0.6) is 0 Å². The van der Waals surface area contributed by atoms with Gasteiger partial charge in [0.05, 0.1) is 10.7 Å². The van der Waals surface area contributed by atoms with Crippen molar-refractivity contribution >= 4 is 43.2 Å². The summed E-state index contributed by atoms with van der Waals surface area (Å²) in [5.41, 5.74) is -0.330. The van der Waals surface area contributed by atoms with Crippen LogP contribution in [0.2, 0.25) is 5.02 Å². The van der Waals surface area contributed by atoms with Crippen molar-refractivity contribution in [1.29, 1.82) is 0 Å². The zero-order valence-corrected chi connectivity index (χ0v) is 10.5. The summed E-state index contributed by atoms with van der Waals surface area (Å²) in [7, 11) is -4.83. The van der Waals surface area contributed by atoms with E-state index in [1.165, 1.54) is 0 Å². The van der Waals surface area contributed by atoms with Gasteiger partial charge < -0.3 is 0 Å². The van der Waals surface area contributed by atoms with Crippen LogP contribution >= 0.6 is 27.5 Å². The molecule has 0 radical (unpaired) electrons. The highest BCUT2D eigenvalue weighted by Crippen LogP contribution is 2.33. The van der Waals surface area contributed by atoms with Crippen molar-refractivity contribution in [2.24, 2.45) is 0 Å². The first-order chi connectivity index (χ1) is 7.24. The maximum Gasteiger partial charge on any atom is 0.355 e. The minimum absolute atomic E-state index is 0.0678. The number of halogens is 5. The van der Waals surface area contributed by atoms with Crippen LogP contribution in [0.15, 0.2) is 16.6 Å². The van der Waals surface area contributed by atoms with Gasteiger partial charge >= 0.3 is 5.76 Å². The van der Waals surface area contributed by atoms with E-state index in [2.05, 4.69) is 15.9 Å². The Bertz CT molecular complexity index is 485. The molecule has 0 saturated carbocycles. The molecule has 9 heteroatoms. The molecular weight excluding hydrogens is 334 g/mol. The summed E-state index contributed by atoms with van der Waals surface area (Å²) in [6.45, 7) is 0. The van der Waals surface area contributed by atoms with Crippen LogP contribution in [0.3, 0.4) is 0 Å². The van der Waals surface area contributed by atoms with Crippen molar-refractivity contribution in [2.45, 2.75) is 5.76 Å². The molecule has 1 aromatic rings. The number of hydrogen-bond donors (Lipinski definition) is 1. The van der Waals surface area contributed by atoms with E-state index in [1.807, 2.05) is 0 Å². The fraction of sp³-hybridized carbons (Fsp3) is 0.143. The molecule has 0 amide bonds. The lowest BCUT2D eigenvalue weighted by Crippen LogP contribution is -2.21. The van der Waals surface area contributed by atoms with E-state index in [0.29, 0.717) is 0 Å². The molecule has 0 aliphatic carbocycles. The van der Waals surface area contributed by atoms with Crippen LogP contribution < -0.4 is 4.72 Å². The summed E-state index contributed by atoms with van der Waals surface area (Å²) in [6, 6.07) is 1.70. The minimum atomic E-state index is -4.83. The van der Waals surface area contributed by atoms with Crippen molar-refractivity contribution in [3.05, 3.63) is 27.4 Å². The fourth-order valence-electron chi connectivity index (χ4n) is 0.827. The van der Waals surface area contributed by atoms with Gasteiger partial charge in [0.15, 0.2) is 0 Å². The molecule has 0 fully saturated rings. The van der Waals surface area contributed by atoms with Crippen molar-refractivity contribution in [1.82, 2.24) is 0 Å². The Morgan fingerprint density at radius 1 is 1.38 bits per heavy atom. The van der Waals surface area contributed by atoms with Gasteiger partial charge in [0.25, 0.3) is 10.0 Å². The Labute approximate surface area is 103 Å². The minimum Gasteiger partial charge on any atom is -0.276 e. The number of sulfonamides is 1. The molecule has 0 saturated heterocycles. The average molecular weight is 339 g/mol. The summed E-state index contributed by atoms with van der Waals surface area (Å²) >= 11 is 8.31. The standard InChI is InChI=1S/C7H4BrClF3NO2S/c8-4-1-3(10)2-5(9)6(4)13-16(14,15)7(11)12/h1-2,7,13H. The lowest BCUT2D eigenvalue weighted by atomic mass is 10.3. The Hall–Kier alpha value is -0.470. The van der Waals surface area contributed by atoms with Gasteiger partial charge in [-0.05, 0) is 28.1 Å². The van der Waals surface area contributed by atoms with E-state index in [4.69, 9.17) is 11.6 Å². The summed E-state index contributed by atoms with van der Waals surface area (Å²) in [5.74, 6) is -4.32. The van der Waals surface area contributed by atoms with Crippen molar-refractivity contribution in [3.8, 4) is 0 Å². The molecule has 0 atom stereocenters. The van der Waals surface area contributed by atoms with E-state index in [-0.39, 0.29) is 15.2 Å². The summed E-state index contributed by atoms with van der Waals surface area (Å²) in [4.78, 5) is 0. The summed E-state index contributed by atoms with van der Waals surface area (Å²) in [6.07, 6.45) is 0. The van der Waals surface area contributed by atoms with Crippen LogP contribution in [-0.2, 0) is 10.0 Å². The van der Waals surface area contributed by atoms with Gasteiger partial charge in [-0.15, -0.1) is 0 Å². The van der Waals surface area contributed by atoms with E-state index >= 15 is 0 Å². The molecule has 90 valence electrons. The van der Waals surface area contributed by atoms with Gasteiger partial charge in [-0.1, -0.05) is 11.6 Å². The van der Waals surface area contributed by atoms with Crippen LogP contribution in [0.1, 0.15) is 0 Å². The topological polar surface area (TPSA) is 46.2 Å². The third kappa shape index (κ3) is 3.02. The average Bonchev–Trinajstić information content (AvgIpc) is 2.11. The van der Waals surface area contributed by atoms with Crippen LogP contribution in [-0.4, -0.2) is 14.2 Å². The van der Waals surface area contributed by atoms with Gasteiger partial charge in [0, 0.05) is 4.47 Å². The van der Waals surface area contributed by atoms with Crippen molar-refractivity contribution in [2.75, 3.05) is 4.72 Å². The maximum absolute atomic E-state index is 12.8. The van der Waals surface area contributed by atoms with Gasteiger partial charge in [-0.2, -0.15) is 8.78 Å². The Balaban J connectivity index is 3.17. The third-order valence-corrected chi connectivity index (χ3v) is 3.37. The normalized spacial score (nSPS) is 11.9. The molecule has 16 heavy (non-hydrogen) atoms. The van der Waals surface area contributed by atoms with E-state index in [0.717, 1.165) is 12.1 Å². The predicted molar refractivity (Wildman–Crippen MR) is 57.7 cm³/mol. The number of benzene rings is 1. The summed E-state index contributed by atoms with van der Waals surface area (Å²) < 4.78 is 60.1. The van der Waals surface area contributed by atoms with Crippen molar-refractivity contribution in [3.63, 3.8) is 0 Å². The van der Waals surface area contributed by atoms with Gasteiger partial charge in [-0.3, -0.25) is 4.72 Å². The second kappa shape index (κ2) is 4.80. The number of alkyl halides is 2. The zero-order chi connectivity index (χ0) is 12.5. The van der Waals surface area contributed by atoms with Crippen LogP contribution in [0.25, 0.3) is 0 Å². The van der Waals surface area contributed by atoms with E-state index < -0.39 is 21.6 Å². The molecule has 1 aromatic carbocycles. The first-order valence-corrected chi connectivity index (χ1v) is 6.40. The first kappa shape index (κ1) is 13.6. The highest BCUT2D eigenvalue weighted by molar-refractivity contribution is 9.10. The highest BCUT2D eigenvalue weighted by Gasteiger charge is 2.25. The molecule has 1 N–H and O–H groups in total. The molecular formula is C7H4BrClF3NO2S. The maximum atomic E-state index is 12.8. The smallest absolute Gasteiger partial charge is 0.276 e. The van der Waals surface area contributed by atoms with Crippen LogP contribution in [0.4, 0.5) is 18.9 Å². The molecule has 1 rings (SSSR count). The summed E-state index contributed by atoms with van der Waals surface area (Å²) in [5, 5.41) is -0.323. The molecule has 0 aliphatic rings. The molecule has 0 unspecified atom stereocenters. The second-order valence-electron chi connectivity index (χ2n) is 2.65. The Morgan fingerprint density at radius 2 is 1.94 bits per heavy atom.